The Bertz CT molecular complexity index is 1630. The number of allylic oxidation sites excluding steroid dienone is 1. The predicted molar refractivity (Wildman–Crippen MR) is 151 cm³/mol. The zero-order chi connectivity index (χ0) is 28.4. The molecule has 0 N–H and O–H groups in total. The van der Waals surface area contributed by atoms with Crippen molar-refractivity contribution in [1.82, 2.24) is 15.1 Å². The smallest absolute Gasteiger partial charge is 0.417 e. The van der Waals surface area contributed by atoms with Gasteiger partial charge in [-0.1, -0.05) is 40.5 Å². The summed E-state index contributed by atoms with van der Waals surface area (Å²) in [6, 6.07) is 5.72. The number of ether oxygens (including phenoxy) is 1. The lowest BCUT2D eigenvalue weighted by molar-refractivity contribution is -0.136. The highest BCUT2D eigenvalue weighted by Crippen LogP contribution is 2.61. The number of hydrogen-bond acceptors (Lipinski definition) is 5. The number of pyridine rings is 2. The Balaban J connectivity index is 0.972. The molecular formula is C31H26Cl2F3N3O2. The van der Waals surface area contributed by atoms with E-state index in [2.05, 4.69) is 27.3 Å². The van der Waals surface area contributed by atoms with Crippen molar-refractivity contribution < 1.29 is 22.4 Å². The summed E-state index contributed by atoms with van der Waals surface area (Å²) in [6.07, 6.45) is 10.7. The van der Waals surface area contributed by atoms with Crippen molar-refractivity contribution in [2.24, 2.45) is 17.3 Å². The van der Waals surface area contributed by atoms with E-state index < -0.39 is 11.7 Å². The maximum atomic E-state index is 13.4. The minimum absolute atomic E-state index is 0.0606. The Morgan fingerprint density at radius 2 is 1.80 bits per heavy atom. The molecule has 1 aromatic carbocycles. The third-order valence-electron chi connectivity index (χ3n) is 8.67. The van der Waals surface area contributed by atoms with E-state index in [1.165, 1.54) is 12.3 Å². The van der Waals surface area contributed by atoms with E-state index >= 15 is 0 Å². The second-order valence-electron chi connectivity index (χ2n) is 11.7. The third-order valence-corrected chi connectivity index (χ3v) is 9.24. The molecule has 3 fully saturated rings. The van der Waals surface area contributed by atoms with Gasteiger partial charge in [0.05, 0.1) is 27.7 Å². The summed E-state index contributed by atoms with van der Waals surface area (Å²) >= 11 is 12.8. The summed E-state index contributed by atoms with van der Waals surface area (Å²) in [5.74, 6) is 2.57. The fourth-order valence-corrected chi connectivity index (χ4v) is 7.19. The summed E-state index contributed by atoms with van der Waals surface area (Å²) in [6.45, 7) is 0.498. The van der Waals surface area contributed by atoms with Crippen molar-refractivity contribution >= 4 is 40.2 Å². The van der Waals surface area contributed by atoms with Crippen molar-refractivity contribution in [3.05, 3.63) is 75.9 Å². The standard InChI is InChI=1S/C31H26Cl2F3N3O2/c32-24-14-37-15-25(33)27(24)28-21(29(41-39-28)19-2-3-19)5-1-17-10-30(11-17)12-18(13-30)16-40-20-4-6-26-22(9-20)23(7-8-38-26)31(34,35)36/h1,4-9,14-15,17-19H,2-3,10-13,16H2/b5-1+. The first-order valence-electron chi connectivity index (χ1n) is 13.7. The lowest BCUT2D eigenvalue weighted by Gasteiger charge is -2.57. The second-order valence-corrected chi connectivity index (χ2v) is 12.5. The summed E-state index contributed by atoms with van der Waals surface area (Å²) in [5, 5.41) is 5.28. The fraction of sp³-hybridized carbons (Fsp3) is 0.387. The van der Waals surface area contributed by atoms with Crippen LogP contribution in [-0.2, 0) is 6.18 Å². The van der Waals surface area contributed by atoms with Gasteiger partial charge in [0.2, 0.25) is 0 Å². The molecule has 3 heterocycles. The lowest BCUT2D eigenvalue weighted by Crippen LogP contribution is -2.48. The highest BCUT2D eigenvalue weighted by Gasteiger charge is 2.52. The Hall–Kier alpha value is -3.10. The molecule has 1 spiro atoms. The Morgan fingerprint density at radius 1 is 1.05 bits per heavy atom. The molecule has 0 bridgehead atoms. The van der Waals surface area contributed by atoms with Crippen LogP contribution in [0.4, 0.5) is 13.2 Å². The van der Waals surface area contributed by atoms with Gasteiger partial charge in [-0.25, -0.2) is 0 Å². The van der Waals surface area contributed by atoms with Crippen molar-refractivity contribution in [2.45, 2.75) is 50.6 Å². The van der Waals surface area contributed by atoms with Crippen LogP contribution >= 0.6 is 23.2 Å². The molecule has 0 saturated heterocycles. The third kappa shape index (κ3) is 5.10. The fourth-order valence-electron chi connectivity index (χ4n) is 6.64. The van der Waals surface area contributed by atoms with Gasteiger partial charge < -0.3 is 9.26 Å². The van der Waals surface area contributed by atoms with E-state index in [1.54, 1.807) is 24.5 Å². The molecule has 3 aliphatic rings. The molecule has 7 rings (SSSR count). The Kier molecular flexibility index (Phi) is 6.54. The van der Waals surface area contributed by atoms with E-state index in [9.17, 15) is 13.2 Å². The Labute approximate surface area is 244 Å². The van der Waals surface area contributed by atoms with E-state index in [0.29, 0.717) is 62.3 Å². The second kappa shape index (κ2) is 10.0. The number of rotatable bonds is 7. The molecule has 5 nitrogen and oxygen atoms in total. The summed E-state index contributed by atoms with van der Waals surface area (Å²) in [7, 11) is 0. The van der Waals surface area contributed by atoms with Crippen LogP contribution in [0.2, 0.25) is 10.0 Å². The molecule has 3 aliphatic carbocycles. The van der Waals surface area contributed by atoms with Gasteiger partial charge in [0.1, 0.15) is 17.2 Å². The van der Waals surface area contributed by atoms with E-state index in [1.807, 2.05) is 0 Å². The van der Waals surface area contributed by atoms with Crippen LogP contribution in [0.3, 0.4) is 0 Å². The summed E-state index contributed by atoms with van der Waals surface area (Å²) < 4.78 is 51.9. The highest BCUT2D eigenvalue weighted by atomic mass is 35.5. The molecule has 41 heavy (non-hydrogen) atoms. The first kappa shape index (κ1) is 26.8. The number of benzene rings is 1. The zero-order valence-corrected chi connectivity index (χ0v) is 23.4. The molecule has 0 unspecified atom stereocenters. The number of alkyl halides is 3. The van der Waals surface area contributed by atoms with Gasteiger partial charge in [-0.05, 0) is 80.0 Å². The number of aromatic nitrogens is 3. The predicted octanol–water partition coefficient (Wildman–Crippen LogP) is 9.39. The topological polar surface area (TPSA) is 61.0 Å². The van der Waals surface area contributed by atoms with Crippen LogP contribution in [0.5, 0.6) is 5.75 Å². The normalized spacial score (nSPS) is 24.1. The molecule has 0 aliphatic heterocycles. The molecule has 0 amide bonds. The molecule has 3 aromatic heterocycles. The molecule has 3 saturated carbocycles. The number of hydrogen-bond donors (Lipinski definition) is 0. The van der Waals surface area contributed by atoms with Gasteiger partial charge in [-0.3, -0.25) is 9.97 Å². The Morgan fingerprint density at radius 3 is 2.51 bits per heavy atom. The average molecular weight is 600 g/mol. The van der Waals surface area contributed by atoms with Crippen LogP contribution < -0.4 is 4.74 Å². The molecule has 212 valence electrons. The highest BCUT2D eigenvalue weighted by molar-refractivity contribution is 6.39. The van der Waals surface area contributed by atoms with E-state index in [4.69, 9.17) is 32.5 Å². The van der Waals surface area contributed by atoms with Gasteiger partial charge in [-0.15, -0.1) is 0 Å². The summed E-state index contributed by atoms with van der Waals surface area (Å²) in [4.78, 5) is 8.11. The van der Waals surface area contributed by atoms with Crippen LogP contribution in [0.15, 0.2) is 53.5 Å². The van der Waals surface area contributed by atoms with Crippen LogP contribution in [0.25, 0.3) is 28.2 Å². The van der Waals surface area contributed by atoms with Crippen molar-refractivity contribution in [3.8, 4) is 17.0 Å². The van der Waals surface area contributed by atoms with Gasteiger partial charge in [0, 0.05) is 41.0 Å². The minimum Gasteiger partial charge on any atom is -0.493 e. The number of halogens is 5. The van der Waals surface area contributed by atoms with E-state index in [0.717, 1.165) is 55.9 Å². The van der Waals surface area contributed by atoms with Gasteiger partial charge in [-0.2, -0.15) is 13.2 Å². The SMILES string of the molecule is FC(F)(F)c1ccnc2ccc(OCC3CC4(CC(/C=C/c5c(-c6c(Cl)cncc6Cl)noc5C5CC5)C4)C3)cc12. The van der Waals surface area contributed by atoms with Crippen molar-refractivity contribution in [2.75, 3.05) is 6.61 Å². The van der Waals surface area contributed by atoms with Crippen LogP contribution in [0, 0.1) is 17.3 Å². The molecule has 0 radical (unpaired) electrons. The maximum Gasteiger partial charge on any atom is 0.417 e. The quantitative estimate of drug-likeness (QED) is 0.212. The molecule has 4 aromatic rings. The first-order chi connectivity index (χ1) is 19.7. The maximum absolute atomic E-state index is 13.4. The van der Waals surface area contributed by atoms with Gasteiger partial charge in [0.15, 0.2) is 0 Å². The van der Waals surface area contributed by atoms with Crippen LogP contribution in [-0.4, -0.2) is 21.7 Å². The average Bonchev–Trinajstić information content (AvgIpc) is 3.65. The molecule has 0 atom stereocenters. The number of nitrogens with zero attached hydrogens (tertiary/aromatic N) is 3. The van der Waals surface area contributed by atoms with Crippen molar-refractivity contribution in [3.63, 3.8) is 0 Å². The minimum atomic E-state index is -4.44. The summed E-state index contributed by atoms with van der Waals surface area (Å²) in [5.41, 5.74) is 2.18. The molecular weight excluding hydrogens is 574 g/mol. The van der Waals surface area contributed by atoms with Crippen molar-refractivity contribution in [1.29, 1.82) is 0 Å². The monoisotopic (exact) mass is 599 g/mol. The first-order valence-corrected chi connectivity index (χ1v) is 14.5. The molecule has 10 heteroatoms. The van der Waals surface area contributed by atoms with Crippen LogP contribution in [0.1, 0.15) is 61.3 Å². The van der Waals surface area contributed by atoms with Gasteiger partial charge >= 0.3 is 6.18 Å². The lowest BCUT2D eigenvalue weighted by atomic mass is 9.48. The van der Waals surface area contributed by atoms with E-state index in [-0.39, 0.29) is 5.39 Å². The zero-order valence-electron chi connectivity index (χ0n) is 21.9. The van der Waals surface area contributed by atoms with Gasteiger partial charge in [0.25, 0.3) is 0 Å². The largest absolute Gasteiger partial charge is 0.493 e. The number of fused-ring (bicyclic) bond motifs is 1.